The summed E-state index contributed by atoms with van der Waals surface area (Å²) in [7, 11) is 1.68. The summed E-state index contributed by atoms with van der Waals surface area (Å²) in [5, 5.41) is 6.23. The molecule has 114 valence electrons. The van der Waals surface area contributed by atoms with E-state index in [0.717, 1.165) is 23.1 Å². The number of amidine groups is 1. The van der Waals surface area contributed by atoms with Crippen molar-refractivity contribution in [1.82, 2.24) is 0 Å². The van der Waals surface area contributed by atoms with Crippen LogP contribution in [0.15, 0.2) is 59.6 Å². The number of benzene rings is 2. The van der Waals surface area contributed by atoms with Crippen LogP contribution in [0.4, 0.5) is 5.69 Å². The Bertz CT molecular complexity index is 631. The van der Waals surface area contributed by atoms with Crippen LogP contribution >= 0.6 is 11.8 Å². The van der Waals surface area contributed by atoms with Gasteiger partial charge in [-0.2, -0.15) is 0 Å². The fourth-order valence-electron chi connectivity index (χ4n) is 2.08. The van der Waals surface area contributed by atoms with E-state index in [-0.39, 0.29) is 0 Å². The molecule has 0 fully saturated rings. The Kier molecular flexibility index (Phi) is 5.43. The van der Waals surface area contributed by atoms with Crippen molar-refractivity contribution in [1.29, 1.82) is 0 Å². The number of nitrogens with one attached hydrogen (secondary N) is 1. The molecule has 2 aromatic rings. The molecule has 1 aliphatic heterocycles. The molecule has 1 atom stereocenters. The molecular weight excluding hydrogens is 359 g/mol. The molecule has 0 amide bonds. The molecular formula is C17H18N2OSSe. The van der Waals surface area contributed by atoms with Crippen molar-refractivity contribution >= 4 is 42.0 Å². The molecule has 3 rings (SSSR count). The summed E-state index contributed by atoms with van der Waals surface area (Å²) in [4.78, 5) is 4.61. The van der Waals surface area contributed by atoms with E-state index < -0.39 is 0 Å². The number of hydrogen-bond donors (Lipinski definition) is 1. The number of ether oxygens (including phenoxy) is 1. The van der Waals surface area contributed by atoms with Gasteiger partial charge in [-0.25, -0.2) is 0 Å². The van der Waals surface area contributed by atoms with E-state index in [1.807, 2.05) is 36.0 Å². The van der Waals surface area contributed by atoms with Gasteiger partial charge < -0.3 is 0 Å². The average Bonchev–Trinajstić information content (AvgIpc) is 3.02. The number of nitrogens with zero attached hydrogens (tertiary/aromatic N) is 1. The minimum atomic E-state index is 0.532. The third-order valence-corrected chi connectivity index (χ3v) is 7.28. The van der Waals surface area contributed by atoms with Gasteiger partial charge >= 0.3 is 142 Å². The van der Waals surface area contributed by atoms with Gasteiger partial charge in [-0.3, -0.25) is 0 Å². The number of thioether (sulfide) groups is 1. The zero-order chi connectivity index (χ0) is 15.2. The van der Waals surface area contributed by atoms with E-state index in [1.165, 1.54) is 9.78 Å². The van der Waals surface area contributed by atoms with Crippen LogP contribution in [0.2, 0.25) is 5.32 Å². The quantitative estimate of drug-likeness (QED) is 0.814. The first-order chi connectivity index (χ1) is 10.8. The van der Waals surface area contributed by atoms with Crippen LogP contribution < -0.4 is 14.5 Å². The van der Waals surface area contributed by atoms with E-state index in [2.05, 4.69) is 40.6 Å². The summed E-state index contributed by atoms with van der Waals surface area (Å²) >= 11 is 2.39. The van der Waals surface area contributed by atoms with E-state index in [1.54, 1.807) is 7.11 Å². The van der Waals surface area contributed by atoms with E-state index in [4.69, 9.17) is 4.74 Å². The fourth-order valence-corrected chi connectivity index (χ4v) is 5.47. The van der Waals surface area contributed by atoms with Crippen LogP contribution in [0.25, 0.3) is 0 Å². The van der Waals surface area contributed by atoms with Gasteiger partial charge in [0.2, 0.25) is 0 Å². The van der Waals surface area contributed by atoms with E-state index in [0.29, 0.717) is 20.2 Å². The second kappa shape index (κ2) is 7.72. The zero-order valence-electron chi connectivity index (χ0n) is 12.4. The SMILES string of the molecule is COc1ccc(NC2=NCC(C[Se]c3ccccc3)S2)cc1. The van der Waals surface area contributed by atoms with Gasteiger partial charge in [0.1, 0.15) is 0 Å². The normalized spacial score (nSPS) is 17.1. The predicted octanol–water partition coefficient (Wildman–Crippen LogP) is 3.03. The molecule has 2 aromatic carbocycles. The number of aliphatic imine (C=N–C) groups is 1. The minimum absolute atomic E-state index is 0.532. The summed E-state index contributed by atoms with van der Waals surface area (Å²) in [5.74, 6) is 0.870. The number of rotatable bonds is 5. The monoisotopic (exact) mass is 378 g/mol. The molecule has 1 unspecified atom stereocenters. The first-order valence-electron chi connectivity index (χ1n) is 7.13. The molecule has 0 radical (unpaired) electrons. The molecule has 1 N–H and O–H groups in total. The van der Waals surface area contributed by atoms with Gasteiger partial charge in [-0.15, -0.1) is 0 Å². The summed E-state index contributed by atoms with van der Waals surface area (Å²) in [5.41, 5.74) is 1.06. The van der Waals surface area contributed by atoms with Gasteiger partial charge in [0, 0.05) is 0 Å². The Balaban J connectivity index is 1.47. The number of anilines is 1. The average molecular weight is 377 g/mol. The van der Waals surface area contributed by atoms with Gasteiger partial charge in [-0.05, 0) is 0 Å². The molecule has 0 aliphatic carbocycles. The topological polar surface area (TPSA) is 33.6 Å². The molecule has 0 bridgehead atoms. The van der Waals surface area contributed by atoms with E-state index >= 15 is 0 Å². The Labute approximate surface area is 141 Å². The summed E-state index contributed by atoms with van der Waals surface area (Å²) in [6.07, 6.45) is 0. The maximum atomic E-state index is 5.17. The Morgan fingerprint density at radius 3 is 2.68 bits per heavy atom. The summed E-state index contributed by atoms with van der Waals surface area (Å²) in [6.45, 7) is 0.914. The molecule has 22 heavy (non-hydrogen) atoms. The van der Waals surface area contributed by atoms with Crippen molar-refractivity contribution in [2.24, 2.45) is 4.99 Å². The molecule has 5 heteroatoms. The Morgan fingerprint density at radius 1 is 1.18 bits per heavy atom. The Morgan fingerprint density at radius 2 is 1.95 bits per heavy atom. The molecule has 3 nitrogen and oxygen atoms in total. The first kappa shape index (κ1) is 15.5. The molecule has 1 heterocycles. The van der Waals surface area contributed by atoms with Crippen LogP contribution in [0.3, 0.4) is 0 Å². The van der Waals surface area contributed by atoms with Gasteiger partial charge in [0.05, 0.1) is 0 Å². The predicted molar refractivity (Wildman–Crippen MR) is 96.9 cm³/mol. The first-order valence-corrected chi connectivity index (χ1v) is 10.1. The van der Waals surface area contributed by atoms with Crippen LogP contribution in [0.1, 0.15) is 0 Å². The summed E-state index contributed by atoms with van der Waals surface area (Å²) < 4.78 is 6.63. The second-order valence-electron chi connectivity index (χ2n) is 4.86. The molecule has 0 spiro atoms. The van der Waals surface area contributed by atoms with Gasteiger partial charge in [0.25, 0.3) is 0 Å². The maximum absolute atomic E-state index is 5.17. The van der Waals surface area contributed by atoms with Crippen molar-refractivity contribution in [2.45, 2.75) is 10.6 Å². The van der Waals surface area contributed by atoms with Crippen LogP contribution in [0, 0.1) is 0 Å². The standard InChI is InChI=1S/C17H18N2OSSe/c1-20-14-9-7-13(8-10-14)19-17-18-11-15(21-17)12-22-16-5-3-2-4-6-16/h2-10,15H,11-12H2,1H3,(H,18,19). The molecule has 0 saturated heterocycles. The zero-order valence-corrected chi connectivity index (χ0v) is 14.9. The Hall–Kier alpha value is -1.42. The van der Waals surface area contributed by atoms with Crippen LogP contribution in [-0.4, -0.2) is 39.0 Å². The third kappa shape index (κ3) is 4.29. The van der Waals surface area contributed by atoms with Crippen molar-refractivity contribution < 1.29 is 4.74 Å². The third-order valence-electron chi connectivity index (χ3n) is 3.24. The molecule has 1 aliphatic rings. The molecule has 0 aromatic heterocycles. The number of hydrogen-bond acceptors (Lipinski definition) is 4. The second-order valence-corrected chi connectivity index (χ2v) is 8.45. The number of methoxy groups -OCH3 is 1. The van der Waals surface area contributed by atoms with Crippen LogP contribution in [0.5, 0.6) is 5.75 Å². The van der Waals surface area contributed by atoms with Crippen LogP contribution in [-0.2, 0) is 0 Å². The molecule has 0 saturated carbocycles. The van der Waals surface area contributed by atoms with Crippen molar-refractivity contribution in [3.05, 3.63) is 54.6 Å². The fraction of sp³-hybridized carbons (Fsp3) is 0.235. The van der Waals surface area contributed by atoms with Crippen molar-refractivity contribution in [2.75, 3.05) is 19.0 Å². The van der Waals surface area contributed by atoms with Crippen molar-refractivity contribution in [3.63, 3.8) is 0 Å². The van der Waals surface area contributed by atoms with Crippen molar-refractivity contribution in [3.8, 4) is 5.75 Å². The van der Waals surface area contributed by atoms with E-state index in [9.17, 15) is 0 Å². The van der Waals surface area contributed by atoms with Gasteiger partial charge in [-0.1, -0.05) is 0 Å². The van der Waals surface area contributed by atoms with Gasteiger partial charge in [0.15, 0.2) is 0 Å². The summed E-state index contributed by atoms with van der Waals surface area (Å²) in [6, 6.07) is 18.7.